The minimum absolute atomic E-state index is 0.0301. The molecule has 0 unspecified atom stereocenters. The Morgan fingerprint density at radius 3 is 2.19 bits per heavy atom. The molecule has 16 heavy (non-hydrogen) atoms. The summed E-state index contributed by atoms with van der Waals surface area (Å²) in [5.41, 5.74) is -0.722. The van der Waals surface area contributed by atoms with E-state index in [-0.39, 0.29) is 11.1 Å². The minimum atomic E-state index is -4.54. The van der Waals surface area contributed by atoms with E-state index in [0.717, 1.165) is 7.11 Å². The summed E-state index contributed by atoms with van der Waals surface area (Å²) in [4.78, 5) is 0. The maximum Gasteiger partial charge on any atom is 0.421 e. The highest BCUT2D eigenvalue weighted by Gasteiger charge is 2.39. The van der Waals surface area contributed by atoms with Crippen molar-refractivity contribution in [3.63, 3.8) is 0 Å². The molecule has 0 fully saturated rings. The topological polar surface area (TPSA) is 9.23 Å². The Balaban J connectivity index is 5.56. The quantitative estimate of drug-likeness (QED) is 0.426. The molecule has 0 amide bonds. The van der Waals surface area contributed by atoms with Crippen LogP contribution >= 0.6 is 12.2 Å². The van der Waals surface area contributed by atoms with E-state index in [4.69, 9.17) is 0 Å². The van der Waals surface area contributed by atoms with Crippen molar-refractivity contribution in [2.24, 2.45) is 0 Å². The third-order valence-electron chi connectivity index (χ3n) is 1.90. The van der Waals surface area contributed by atoms with E-state index in [1.165, 1.54) is 13.0 Å². The van der Waals surface area contributed by atoms with Crippen LogP contribution in [0.5, 0.6) is 0 Å². The number of hydrogen-bond donors (Lipinski definition) is 0. The van der Waals surface area contributed by atoms with Crippen LogP contribution in [0.1, 0.15) is 13.8 Å². The van der Waals surface area contributed by atoms with Crippen LogP contribution in [0.25, 0.3) is 0 Å². The van der Waals surface area contributed by atoms with Crippen molar-refractivity contribution >= 4 is 17.3 Å². The van der Waals surface area contributed by atoms with Crippen LogP contribution < -0.4 is 0 Å². The predicted octanol–water partition coefficient (Wildman–Crippen LogP) is 3.97. The zero-order valence-electron chi connectivity index (χ0n) is 9.31. The second-order valence-corrected chi connectivity index (χ2v) is 3.39. The van der Waals surface area contributed by atoms with Gasteiger partial charge in [0.25, 0.3) is 0 Å². The lowest BCUT2D eigenvalue weighted by Crippen LogP contribution is -2.22. The van der Waals surface area contributed by atoms with Gasteiger partial charge in [-0.1, -0.05) is 18.7 Å². The third kappa shape index (κ3) is 3.81. The Morgan fingerprint density at radius 2 is 1.88 bits per heavy atom. The van der Waals surface area contributed by atoms with Gasteiger partial charge < -0.3 is 4.74 Å². The van der Waals surface area contributed by atoms with Gasteiger partial charge in [0.2, 0.25) is 0 Å². The third-order valence-corrected chi connectivity index (χ3v) is 2.27. The standard InChI is InChI=1S/C11H13F3OS/c1-5-6-7(2)8(3)9(10(16)15-4)11(12,13)14/h5-6H,2H2,1,3-4H3/b6-5?,9-8-. The maximum absolute atomic E-state index is 12.7. The molecular weight excluding hydrogens is 237 g/mol. The highest BCUT2D eigenvalue weighted by molar-refractivity contribution is 7.80. The summed E-state index contributed by atoms with van der Waals surface area (Å²) >= 11 is 4.54. The molecule has 0 heterocycles. The summed E-state index contributed by atoms with van der Waals surface area (Å²) in [7, 11) is 1.11. The Labute approximate surface area is 98.3 Å². The number of allylic oxidation sites excluding steroid dienone is 4. The van der Waals surface area contributed by atoms with Gasteiger partial charge in [0.1, 0.15) is 5.57 Å². The average Bonchev–Trinajstić information content (AvgIpc) is 2.15. The Bertz CT molecular complexity index is 351. The summed E-state index contributed by atoms with van der Waals surface area (Å²) in [5.74, 6) is 0. The lowest BCUT2D eigenvalue weighted by Gasteiger charge is -2.15. The molecule has 0 saturated carbocycles. The molecule has 0 spiro atoms. The van der Waals surface area contributed by atoms with Crippen molar-refractivity contribution in [3.8, 4) is 0 Å². The Morgan fingerprint density at radius 1 is 1.38 bits per heavy atom. The Kier molecular flexibility index (Phi) is 5.44. The molecule has 0 aliphatic rings. The van der Waals surface area contributed by atoms with Crippen LogP contribution in [-0.2, 0) is 4.74 Å². The van der Waals surface area contributed by atoms with Crippen molar-refractivity contribution in [1.82, 2.24) is 0 Å². The van der Waals surface area contributed by atoms with Crippen molar-refractivity contribution in [2.75, 3.05) is 7.11 Å². The van der Waals surface area contributed by atoms with Gasteiger partial charge in [-0.25, -0.2) is 0 Å². The molecule has 0 bridgehead atoms. The van der Waals surface area contributed by atoms with Gasteiger partial charge in [-0.15, -0.1) is 0 Å². The lowest BCUT2D eigenvalue weighted by molar-refractivity contribution is -0.0878. The van der Waals surface area contributed by atoms with E-state index >= 15 is 0 Å². The van der Waals surface area contributed by atoms with E-state index in [1.807, 2.05) is 0 Å². The molecule has 0 radical (unpaired) electrons. The summed E-state index contributed by atoms with van der Waals surface area (Å²) in [6.07, 6.45) is -1.45. The smallest absolute Gasteiger partial charge is 0.421 e. The fourth-order valence-electron chi connectivity index (χ4n) is 1.07. The summed E-state index contributed by atoms with van der Waals surface area (Å²) < 4.78 is 42.6. The van der Waals surface area contributed by atoms with Gasteiger partial charge in [-0.05, 0) is 37.2 Å². The molecule has 0 N–H and O–H groups in total. The Hall–Kier alpha value is -1.10. The molecule has 0 rings (SSSR count). The molecule has 0 aliphatic heterocycles. The van der Waals surface area contributed by atoms with Crippen molar-refractivity contribution in [1.29, 1.82) is 0 Å². The average molecular weight is 250 g/mol. The van der Waals surface area contributed by atoms with E-state index in [1.54, 1.807) is 13.0 Å². The number of rotatable bonds is 3. The van der Waals surface area contributed by atoms with Gasteiger partial charge in [0, 0.05) is 0 Å². The molecule has 5 heteroatoms. The molecule has 0 aliphatic carbocycles. The number of hydrogen-bond acceptors (Lipinski definition) is 2. The van der Waals surface area contributed by atoms with Gasteiger partial charge in [0.15, 0.2) is 5.05 Å². The summed E-state index contributed by atoms with van der Waals surface area (Å²) in [6, 6.07) is 0. The molecule has 0 saturated heterocycles. The number of methoxy groups -OCH3 is 1. The van der Waals surface area contributed by atoms with Gasteiger partial charge in [-0.3, -0.25) is 0 Å². The number of alkyl halides is 3. The van der Waals surface area contributed by atoms with E-state index < -0.39 is 16.8 Å². The largest absolute Gasteiger partial charge is 0.486 e. The van der Waals surface area contributed by atoms with Gasteiger partial charge in [-0.2, -0.15) is 13.2 Å². The number of ether oxygens (including phenoxy) is 1. The molecule has 0 aromatic carbocycles. The summed E-state index contributed by atoms with van der Waals surface area (Å²) in [5, 5.41) is -0.573. The SMILES string of the molecule is C=C(C=CC)/C(C)=C(/C(=S)OC)C(F)(F)F. The number of halogens is 3. The van der Waals surface area contributed by atoms with Crippen molar-refractivity contribution < 1.29 is 17.9 Å². The van der Waals surface area contributed by atoms with E-state index in [2.05, 4.69) is 23.5 Å². The zero-order valence-corrected chi connectivity index (χ0v) is 10.1. The van der Waals surface area contributed by atoms with Crippen LogP contribution in [-0.4, -0.2) is 18.3 Å². The van der Waals surface area contributed by atoms with Gasteiger partial charge >= 0.3 is 6.18 Å². The first-order valence-electron chi connectivity index (χ1n) is 4.44. The molecule has 0 aromatic heterocycles. The van der Waals surface area contributed by atoms with Crippen LogP contribution in [0.4, 0.5) is 13.2 Å². The van der Waals surface area contributed by atoms with Crippen LogP contribution in [0.2, 0.25) is 0 Å². The summed E-state index contributed by atoms with van der Waals surface area (Å²) in [6.45, 7) is 6.55. The monoisotopic (exact) mass is 250 g/mol. The minimum Gasteiger partial charge on any atom is -0.486 e. The highest BCUT2D eigenvalue weighted by atomic mass is 32.1. The van der Waals surface area contributed by atoms with Crippen LogP contribution in [0, 0.1) is 0 Å². The zero-order chi connectivity index (χ0) is 12.9. The van der Waals surface area contributed by atoms with E-state index in [0.29, 0.717) is 0 Å². The number of thiocarbonyl (C=S) groups is 1. The molecule has 90 valence electrons. The first kappa shape index (κ1) is 14.9. The van der Waals surface area contributed by atoms with Crippen molar-refractivity contribution in [3.05, 3.63) is 35.5 Å². The first-order chi connectivity index (χ1) is 7.25. The fraction of sp³-hybridized carbons (Fsp3) is 0.364. The maximum atomic E-state index is 12.7. The lowest BCUT2D eigenvalue weighted by atomic mass is 10.0. The highest BCUT2D eigenvalue weighted by Crippen LogP contribution is 2.32. The second kappa shape index (κ2) is 5.84. The second-order valence-electron chi connectivity index (χ2n) is 3.01. The normalized spacial score (nSPS) is 13.6. The van der Waals surface area contributed by atoms with Crippen molar-refractivity contribution in [2.45, 2.75) is 20.0 Å². The molecule has 0 atom stereocenters. The van der Waals surface area contributed by atoms with E-state index in [9.17, 15) is 13.2 Å². The van der Waals surface area contributed by atoms with Crippen LogP contribution in [0.3, 0.4) is 0 Å². The predicted molar refractivity (Wildman–Crippen MR) is 62.3 cm³/mol. The molecular formula is C11H13F3OS. The van der Waals surface area contributed by atoms with Crippen LogP contribution in [0.15, 0.2) is 35.5 Å². The fourth-order valence-corrected chi connectivity index (χ4v) is 1.34. The molecule has 1 nitrogen and oxygen atoms in total. The molecule has 0 aromatic rings. The first-order valence-corrected chi connectivity index (χ1v) is 4.84. The van der Waals surface area contributed by atoms with Gasteiger partial charge in [0.05, 0.1) is 7.11 Å².